The molecule has 0 unspecified atom stereocenters. The predicted molar refractivity (Wildman–Crippen MR) is 72.6 cm³/mol. The second-order valence-electron chi connectivity index (χ2n) is 4.66. The quantitative estimate of drug-likeness (QED) is 0.756. The Bertz CT molecular complexity index is 415. The molecule has 0 aliphatic heterocycles. The molecule has 0 saturated carbocycles. The van der Waals surface area contributed by atoms with Crippen LogP contribution in [-0.2, 0) is 4.79 Å². The minimum atomic E-state index is -4.09. The first-order valence-corrected chi connectivity index (χ1v) is 6.51. The van der Waals surface area contributed by atoms with Crippen molar-refractivity contribution >= 4 is 11.6 Å². The van der Waals surface area contributed by atoms with Crippen molar-refractivity contribution in [1.29, 1.82) is 0 Å². The van der Waals surface area contributed by atoms with E-state index < -0.39 is 12.6 Å². The lowest BCUT2D eigenvalue weighted by Gasteiger charge is -2.08. The molecular formula is C14H19F3N2O. The zero-order valence-electron chi connectivity index (χ0n) is 11.4. The van der Waals surface area contributed by atoms with Crippen molar-refractivity contribution in [2.45, 2.75) is 32.4 Å². The standard InChI is InChI=1S/C14H19F3N2O/c1-11-4-6-12(7-5-11)19-13(20)10-18-9-3-2-8-14(15,16)17/h4-7,18H,2-3,8-10H2,1H3,(H,19,20). The third-order valence-electron chi connectivity index (χ3n) is 2.68. The van der Waals surface area contributed by atoms with E-state index in [-0.39, 0.29) is 18.9 Å². The van der Waals surface area contributed by atoms with Gasteiger partial charge in [0.1, 0.15) is 0 Å². The van der Waals surface area contributed by atoms with Crippen LogP contribution in [-0.4, -0.2) is 25.2 Å². The number of aryl methyl sites for hydroxylation is 1. The molecule has 6 heteroatoms. The number of halogens is 3. The van der Waals surface area contributed by atoms with Gasteiger partial charge in [0, 0.05) is 12.1 Å². The lowest BCUT2D eigenvalue weighted by Crippen LogP contribution is -2.28. The molecule has 0 atom stereocenters. The fourth-order valence-electron chi connectivity index (χ4n) is 1.62. The average Bonchev–Trinajstić information content (AvgIpc) is 2.35. The second-order valence-corrected chi connectivity index (χ2v) is 4.66. The monoisotopic (exact) mass is 288 g/mol. The van der Waals surface area contributed by atoms with E-state index in [4.69, 9.17) is 0 Å². The van der Waals surface area contributed by atoms with Gasteiger partial charge in [-0.3, -0.25) is 4.79 Å². The van der Waals surface area contributed by atoms with Gasteiger partial charge in [0.25, 0.3) is 0 Å². The van der Waals surface area contributed by atoms with Crippen molar-refractivity contribution in [3.8, 4) is 0 Å². The number of hydrogen-bond donors (Lipinski definition) is 2. The topological polar surface area (TPSA) is 41.1 Å². The number of rotatable bonds is 7. The molecule has 0 aliphatic rings. The number of anilines is 1. The Labute approximate surface area is 116 Å². The predicted octanol–water partition coefficient (Wildman–Crippen LogP) is 3.26. The first-order chi connectivity index (χ1) is 9.37. The van der Waals surface area contributed by atoms with Gasteiger partial charge in [0.15, 0.2) is 0 Å². The van der Waals surface area contributed by atoms with Crippen LogP contribution < -0.4 is 10.6 Å². The summed E-state index contributed by atoms with van der Waals surface area (Å²) in [6.07, 6.45) is -4.39. The molecule has 0 saturated heterocycles. The van der Waals surface area contributed by atoms with Crippen LogP contribution in [0.1, 0.15) is 24.8 Å². The van der Waals surface area contributed by atoms with Gasteiger partial charge in [-0.1, -0.05) is 17.7 Å². The van der Waals surface area contributed by atoms with E-state index in [1.54, 1.807) is 12.1 Å². The summed E-state index contributed by atoms with van der Waals surface area (Å²) in [4.78, 5) is 11.5. The number of amides is 1. The zero-order chi connectivity index (χ0) is 15.0. The van der Waals surface area contributed by atoms with Crippen LogP contribution in [0.4, 0.5) is 18.9 Å². The van der Waals surface area contributed by atoms with Crippen molar-refractivity contribution in [3.63, 3.8) is 0 Å². The van der Waals surface area contributed by atoms with Crippen LogP contribution in [0.5, 0.6) is 0 Å². The summed E-state index contributed by atoms with van der Waals surface area (Å²) in [6, 6.07) is 7.38. The fourth-order valence-corrected chi connectivity index (χ4v) is 1.62. The molecule has 1 aromatic rings. The molecule has 0 aliphatic carbocycles. The molecule has 1 rings (SSSR count). The van der Waals surface area contributed by atoms with Crippen molar-refractivity contribution in [1.82, 2.24) is 5.32 Å². The van der Waals surface area contributed by atoms with Gasteiger partial charge < -0.3 is 10.6 Å². The third-order valence-corrected chi connectivity index (χ3v) is 2.68. The van der Waals surface area contributed by atoms with Crippen LogP contribution in [0, 0.1) is 6.92 Å². The first kappa shape index (κ1) is 16.5. The minimum Gasteiger partial charge on any atom is -0.325 e. The Morgan fingerprint density at radius 3 is 2.40 bits per heavy atom. The normalized spacial score (nSPS) is 11.4. The van der Waals surface area contributed by atoms with Gasteiger partial charge in [0.05, 0.1) is 6.54 Å². The smallest absolute Gasteiger partial charge is 0.325 e. The number of hydrogen-bond acceptors (Lipinski definition) is 2. The van der Waals surface area contributed by atoms with Gasteiger partial charge in [-0.05, 0) is 38.4 Å². The highest BCUT2D eigenvalue weighted by Crippen LogP contribution is 2.21. The highest BCUT2D eigenvalue weighted by molar-refractivity contribution is 5.92. The molecule has 0 aromatic heterocycles. The molecular weight excluding hydrogens is 269 g/mol. The van der Waals surface area contributed by atoms with Gasteiger partial charge in [-0.15, -0.1) is 0 Å². The second kappa shape index (κ2) is 7.89. The van der Waals surface area contributed by atoms with E-state index in [0.717, 1.165) is 5.56 Å². The molecule has 1 aromatic carbocycles. The van der Waals surface area contributed by atoms with Gasteiger partial charge in [-0.25, -0.2) is 0 Å². The molecule has 0 fully saturated rings. The van der Waals surface area contributed by atoms with Crippen LogP contribution in [0.2, 0.25) is 0 Å². The Kier molecular flexibility index (Phi) is 6.51. The molecule has 0 spiro atoms. The van der Waals surface area contributed by atoms with Crippen LogP contribution in [0.3, 0.4) is 0 Å². The molecule has 20 heavy (non-hydrogen) atoms. The van der Waals surface area contributed by atoms with Crippen molar-refractivity contribution in [3.05, 3.63) is 29.8 Å². The SMILES string of the molecule is Cc1ccc(NC(=O)CNCCCCC(F)(F)F)cc1. The Balaban J connectivity index is 2.10. The first-order valence-electron chi connectivity index (χ1n) is 6.51. The summed E-state index contributed by atoms with van der Waals surface area (Å²) in [5.74, 6) is -0.204. The number of carbonyl (C=O) groups is 1. The van der Waals surface area contributed by atoms with E-state index in [2.05, 4.69) is 10.6 Å². The highest BCUT2D eigenvalue weighted by atomic mass is 19.4. The largest absolute Gasteiger partial charge is 0.389 e. The Hall–Kier alpha value is -1.56. The van der Waals surface area contributed by atoms with Crippen molar-refractivity contribution in [2.75, 3.05) is 18.4 Å². The van der Waals surface area contributed by atoms with Gasteiger partial charge in [0.2, 0.25) is 5.91 Å². The minimum absolute atomic E-state index is 0.0794. The number of nitrogens with one attached hydrogen (secondary N) is 2. The summed E-state index contributed by atoms with van der Waals surface area (Å²) in [5.41, 5.74) is 1.81. The molecule has 0 radical (unpaired) electrons. The van der Waals surface area contributed by atoms with E-state index in [0.29, 0.717) is 18.7 Å². The van der Waals surface area contributed by atoms with Gasteiger partial charge in [-0.2, -0.15) is 13.2 Å². The number of unbranched alkanes of at least 4 members (excludes halogenated alkanes) is 1. The molecule has 2 N–H and O–H groups in total. The van der Waals surface area contributed by atoms with E-state index in [1.807, 2.05) is 19.1 Å². The molecule has 112 valence electrons. The lowest BCUT2D eigenvalue weighted by atomic mass is 10.2. The Morgan fingerprint density at radius 1 is 1.15 bits per heavy atom. The number of benzene rings is 1. The summed E-state index contributed by atoms with van der Waals surface area (Å²) in [6.45, 7) is 2.45. The lowest BCUT2D eigenvalue weighted by molar-refractivity contribution is -0.135. The van der Waals surface area contributed by atoms with Crippen LogP contribution in [0.25, 0.3) is 0 Å². The van der Waals surface area contributed by atoms with Crippen molar-refractivity contribution in [2.24, 2.45) is 0 Å². The maximum atomic E-state index is 11.9. The third kappa shape index (κ3) is 7.78. The van der Waals surface area contributed by atoms with Crippen molar-refractivity contribution < 1.29 is 18.0 Å². The molecule has 1 amide bonds. The summed E-state index contributed by atoms with van der Waals surface area (Å²) >= 11 is 0. The van der Waals surface area contributed by atoms with Crippen LogP contribution in [0.15, 0.2) is 24.3 Å². The highest BCUT2D eigenvalue weighted by Gasteiger charge is 2.25. The Morgan fingerprint density at radius 2 is 1.80 bits per heavy atom. The summed E-state index contributed by atoms with van der Waals surface area (Å²) in [5, 5.41) is 5.53. The molecule has 0 heterocycles. The molecule has 0 bridgehead atoms. The molecule has 3 nitrogen and oxygen atoms in total. The van der Waals surface area contributed by atoms with E-state index in [9.17, 15) is 18.0 Å². The average molecular weight is 288 g/mol. The number of alkyl halides is 3. The van der Waals surface area contributed by atoms with E-state index in [1.165, 1.54) is 0 Å². The maximum Gasteiger partial charge on any atom is 0.389 e. The zero-order valence-corrected chi connectivity index (χ0v) is 11.4. The number of carbonyl (C=O) groups excluding carboxylic acids is 1. The summed E-state index contributed by atoms with van der Waals surface area (Å²) < 4.78 is 35.6. The van der Waals surface area contributed by atoms with Gasteiger partial charge >= 0.3 is 6.18 Å². The van der Waals surface area contributed by atoms with Crippen LogP contribution >= 0.6 is 0 Å². The maximum absolute atomic E-state index is 11.9. The summed E-state index contributed by atoms with van der Waals surface area (Å²) in [7, 11) is 0. The van der Waals surface area contributed by atoms with E-state index >= 15 is 0 Å². The fraction of sp³-hybridized carbons (Fsp3) is 0.500.